The maximum atomic E-state index is 12.7. The van der Waals surface area contributed by atoms with Crippen LogP contribution >= 0.6 is 11.3 Å². The highest BCUT2D eigenvalue weighted by Crippen LogP contribution is 2.28. The Morgan fingerprint density at radius 1 is 1.50 bits per heavy atom. The molecule has 0 saturated carbocycles. The first-order valence-corrected chi connectivity index (χ1v) is 9.55. The van der Waals surface area contributed by atoms with Crippen LogP contribution in [0.15, 0.2) is 9.72 Å². The number of ether oxygens (including phenoxy) is 1. The number of piperidine rings is 1. The molecular weight excluding hydrogens is 326 g/mol. The molecule has 1 aliphatic heterocycles. The van der Waals surface area contributed by atoms with E-state index in [9.17, 15) is 13.2 Å². The van der Waals surface area contributed by atoms with E-state index in [2.05, 4.69) is 22.0 Å². The standard InChI is InChI=1S/C13H21N3O4S2/c1-3-14-8-10-4-6-16(7-5-10)22(18,19)13-11(12(17)20-2)15-9-21-13/h9-10,14H,3-8H2,1-2H3. The van der Waals surface area contributed by atoms with Crippen molar-refractivity contribution in [1.82, 2.24) is 14.6 Å². The highest BCUT2D eigenvalue weighted by molar-refractivity contribution is 7.91. The number of rotatable bonds is 6. The molecule has 7 nitrogen and oxygen atoms in total. The molecule has 1 fully saturated rings. The lowest BCUT2D eigenvalue weighted by Gasteiger charge is -2.30. The molecule has 0 aliphatic carbocycles. The van der Waals surface area contributed by atoms with Gasteiger partial charge in [-0.2, -0.15) is 4.31 Å². The molecule has 1 aromatic heterocycles. The van der Waals surface area contributed by atoms with Gasteiger partial charge in [0.25, 0.3) is 10.0 Å². The van der Waals surface area contributed by atoms with Gasteiger partial charge >= 0.3 is 5.97 Å². The van der Waals surface area contributed by atoms with Crippen molar-refractivity contribution in [2.75, 3.05) is 33.3 Å². The molecule has 0 bridgehead atoms. The molecular formula is C13H21N3O4S2. The molecule has 22 heavy (non-hydrogen) atoms. The van der Waals surface area contributed by atoms with Gasteiger partial charge in [-0.15, -0.1) is 11.3 Å². The van der Waals surface area contributed by atoms with E-state index in [-0.39, 0.29) is 9.90 Å². The van der Waals surface area contributed by atoms with E-state index in [0.717, 1.165) is 37.3 Å². The minimum absolute atomic E-state index is 0.0236. The number of sulfonamides is 1. The quantitative estimate of drug-likeness (QED) is 0.771. The van der Waals surface area contributed by atoms with Crippen LogP contribution in [0.1, 0.15) is 30.3 Å². The lowest BCUT2D eigenvalue weighted by Crippen LogP contribution is -2.40. The van der Waals surface area contributed by atoms with Crippen LogP contribution in [-0.2, 0) is 14.8 Å². The Morgan fingerprint density at radius 2 is 2.18 bits per heavy atom. The summed E-state index contributed by atoms with van der Waals surface area (Å²) >= 11 is 0.955. The van der Waals surface area contributed by atoms with Crippen molar-refractivity contribution < 1.29 is 17.9 Å². The fraction of sp³-hybridized carbons (Fsp3) is 0.692. The molecule has 1 aliphatic rings. The third-order valence-electron chi connectivity index (χ3n) is 3.74. The van der Waals surface area contributed by atoms with Crippen molar-refractivity contribution in [2.45, 2.75) is 24.0 Å². The van der Waals surface area contributed by atoms with Crippen molar-refractivity contribution in [3.63, 3.8) is 0 Å². The van der Waals surface area contributed by atoms with Crippen LogP contribution in [0.4, 0.5) is 0 Å². The molecule has 0 radical (unpaired) electrons. The number of carbonyl (C=O) groups excluding carboxylic acids is 1. The molecule has 2 heterocycles. The van der Waals surface area contributed by atoms with Gasteiger partial charge in [0.05, 0.1) is 12.6 Å². The molecule has 0 atom stereocenters. The Morgan fingerprint density at radius 3 is 2.77 bits per heavy atom. The Bertz CT molecular complexity index is 607. The second-order valence-corrected chi connectivity index (χ2v) is 8.12. The van der Waals surface area contributed by atoms with E-state index in [1.54, 1.807) is 0 Å². The summed E-state index contributed by atoms with van der Waals surface area (Å²) in [7, 11) is -2.47. The summed E-state index contributed by atoms with van der Waals surface area (Å²) in [5, 5.41) is 3.29. The SMILES string of the molecule is CCNCC1CCN(S(=O)(=O)c2scnc2C(=O)OC)CC1. The Balaban J connectivity index is 2.09. The van der Waals surface area contributed by atoms with Gasteiger partial charge in [-0.1, -0.05) is 6.92 Å². The first kappa shape index (κ1) is 17.3. The van der Waals surface area contributed by atoms with E-state index in [1.807, 2.05) is 0 Å². The van der Waals surface area contributed by atoms with E-state index in [1.165, 1.54) is 16.9 Å². The summed E-state index contributed by atoms with van der Waals surface area (Å²) in [4.78, 5) is 15.5. The minimum atomic E-state index is -3.68. The van der Waals surface area contributed by atoms with Crippen LogP contribution in [0.2, 0.25) is 0 Å². The van der Waals surface area contributed by atoms with Gasteiger partial charge in [-0.05, 0) is 31.8 Å². The first-order chi connectivity index (χ1) is 10.5. The van der Waals surface area contributed by atoms with Gasteiger partial charge in [-0.25, -0.2) is 18.2 Å². The highest BCUT2D eigenvalue weighted by Gasteiger charge is 2.34. The molecule has 124 valence electrons. The highest BCUT2D eigenvalue weighted by atomic mass is 32.2. The van der Waals surface area contributed by atoms with Crippen LogP contribution in [0.25, 0.3) is 0 Å². The number of nitrogens with zero attached hydrogens (tertiary/aromatic N) is 2. The smallest absolute Gasteiger partial charge is 0.358 e. The predicted molar refractivity (Wildman–Crippen MR) is 83.5 cm³/mol. The van der Waals surface area contributed by atoms with Crippen molar-refractivity contribution in [3.05, 3.63) is 11.2 Å². The summed E-state index contributed by atoms with van der Waals surface area (Å²) in [6.07, 6.45) is 1.64. The summed E-state index contributed by atoms with van der Waals surface area (Å²) in [5.41, 5.74) is 1.24. The third-order valence-corrected chi connectivity index (χ3v) is 6.99. The van der Waals surface area contributed by atoms with Gasteiger partial charge < -0.3 is 10.1 Å². The van der Waals surface area contributed by atoms with Gasteiger partial charge in [-0.3, -0.25) is 0 Å². The van der Waals surface area contributed by atoms with E-state index < -0.39 is 16.0 Å². The van der Waals surface area contributed by atoms with Crippen LogP contribution in [0.3, 0.4) is 0 Å². The third kappa shape index (κ3) is 3.65. The minimum Gasteiger partial charge on any atom is -0.464 e. The maximum Gasteiger partial charge on any atom is 0.358 e. The summed E-state index contributed by atoms with van der Waals surface area (Å²) in [5.74, 6) is -0.227. The Hall–Kier alpha value is -1.03. The topological polar surface area (TPSA) is 88.6 Å². The lowest BCUT2D eigenvalue weighted by molar-refractivity contribution is 0.0590. The average molecular weight is 347 g/mol. The second kappa shape index (κ2) is 7.49. The largest absolute Gasteiger partial charge is 0.464 e. The number of methoxy groups -OCH3 is 1. The zero-order valence-electron chi connectivity index (χ0n) is 12.7. The van der Waals surface area contributed by atoms with E-state index in [0.29, 0.717) is 19.0 Å². The molecule has 9 heteroatoms. The molecule has 1 saturated heterocycles. The number of esters is 1. The Labute approximate surface area is 134 Å². The number of nitrogens with one attached hydrogen (secondary N) is 1. The van der Waals surface area contributed by atoms with Gasteiger partial charge in [0.15, 0.2) is 9.90 Å². The van der Waals surface area contributed by atoms with E-state index in [4.69, 9.17) is 0 Å². The van der Waals surface area contributed by atoms with Crippen molar-refractivity contribution in [3.8, 4) is 0 Å². The average Bonchev–Trinajstić information content (AvgIpc) is 3.03. The Kier molecular flexibility index (Phi) is 5.90. The van der Waals surface area contributed by atoms with Crippen molar-refractivity contribution >= 4 is 27.3 Å². The van der Waals surface area contributed by atoms with Crippen LogP contribution in [0, 0.1) is 5.92 Å². The molecule has 2 rings (SSSR count). The summed E-state index contributed by atoms with van der Waals surface area (Å²) < 4.78 is 31.4. The van der Waals surface area contributed by atoms with Gasteiger partial charge in [0.2, 0.25) is 0 Å². The zero-order chi connectivity index (χ0) is 16.2. The van der Waals surface area contributed by atoms with E-state index >= 15 is 0 Å². The molecule has 1 N–H and O–H groups in total. The molecule has 0 amide bonds. The lowest BCUT2D eigenvalue weighted by atomic mass is 9.98. The normalized spacial score (nSPS) is 17.5. The number of thiazole rings is 1. The van der Waals surface area contributed by atoms with Crippen LogP contribution in [-0.4, -0.2) is 57.0 Å². The van der Waals surface area contributed by atoms with Crippen molar-refractivity contribution in [2.24, 2.45) is 5.92 Å². The van der Waals surface area contributed by atoms with Crippen LogP contribution in [0.5, 0.6) is 0 Å². The molecule has 0 unspecified atom stereocenters. The van der Waals surface area contributed by atoms with Gasteiger partial charge in [0, 0.05) is 13.1 Å². The zero-order valence-corrected chi connectivity index (χ0v) is 14.4. The maximum absolute atomic E-state index is 12.7. The van der Waals surface area contributed by atoms with Gasteiger partial charge in [0.1, 0.15) is 0 Å². The molecule has 0 spiro atoms. The monoisotopic (exact) mass is 347 g/mol. The number of hydrogen-bond donors (Lipinski definition) is 1. The number of aromatic nitrogens is 1. The predicted octanol–water partition coefficient (Wildman–Crippen LogP) is 0.940. The summed E-state index contributed by atoms with van der Waals surface area (Å²) in [6, 6.07) is 0. The van der Waals surface area contributed by atoms with Crippen molar-refractivity contribution in [1.29, 1.82) is 0 Å². The molecule has 1 aromatic rings. The molecule has 0 aromatic carbocycles. The fourth-order valence-corrected chi connectivity index (χ4v) is 5.21. The second-order valence-electron chi connectivity index (χ2n) is 5.14. The number of hydrogen-bond acceptors (Lipinski definition) is 7. The van der Waals surface area contributed by atoms with Crippen LogP contribution < -0.4 is 5.32 Å². The number of carbonyl (C=O) groups is 1. The first-order valence-electron chi connectivity index (χ1n) is 7.23. The summed E-state index contributed by atoms with van der Waals surface area (Å²) in [6.45, 7) is 4.83. The fourth-order valence-electron chi connectivity index (χ4n) is 2.47.